The Kier molecular flexibility index (Phi) is 5.00. The molecule has 0 atom stereocenters. The Morgan fingerprint density at radius 3 is 2.53 bits per heavy atom. The second-order valence-corrected chi connectivity index (χ2v) is 7.56. The van der Waals surface area contributed by atoms with Gasteiger partial charge >= 0.3 is 0 Å². The van der Waals surface area contributed by atoms with E-state index in [2.05, 4.69) is 30.9 Å². The van der Waals surface area contributed by atoms with Crippen molar-refractivity contribution in [1.29, 1.82) is 0 Å². The number of carbonyl (C=O) groups excluding carboxylic acids is 1. The molecule has 3 aromatic rings. The van der Waals surface area contributed by atoms with Crippen molar-refractivity contribution < 1.29 is 32.2 Å². The highest BCUT2D eigenvalue weighted by molar-refractivity contribution is 5.99. The van der Waals surface area contributed by atoms with Gasteiger partial charge in [0.2, 0.25) is 11.7 Å². The Balaban J connectivity index is 1.58. The van der Waals surface area contributed by atoms with Crippen molar-refractivity contribution in [2.45, 2.75) is 19.4 Å². The van der Waals surface area contributed by atoms with Crippen LogP contribution in [0.4, 0.5) is 33.5 Å². The van der Waals surface area contributed by atoms with Crippen LogP contribution in [-0.2, 0) is 4.79 Å². The summed E-state index contributed by atoms with van der Waals surface area (Å²) in [5, 5.41) is 8.28. The number of ether oxygens (including phenoxy) is 4. The van der Waals surface area contributed by atoms with Gasteiger partial charge in [-0.15, -0.1) is 0 Å². The van der Waals surface area contributed by atoms with Crippen LogP contribution in [0.25, 0.3) is 0 Å². The van der Waals surface area contributed by atoms with Gasteiger partial charge in [0.25, 0.3) is 5.91 Å². The van der Waals surface area contributed by atoms with E-state index in [1.165, 1.54) is 26.4 Å². The standard InChI is InChI=1S/C22H23FN6O5/c1-22(2)20(30)28-19-13(34-22)6-7-16(27-19)26-18-12(23)10-24-21(29-18)25-11-8-14(31-3)17(33-5)15(9-11)32-4/h6-10H,1-5H3,(H3,24,25,26,27,28,29,30)/i5+1D3. The molecule has 0 saturated heterocycles. The van der Waals surface area contributed by atoms with E-state index < -0.39 is 18.5 Å². The molecule has 1 aromatic carbocycles. The number of hydrogen-bond acceptors (Lipinski definition) is 10. The van der Waals surface area contributed by atoms with Gasteiger partial charge in [-0.05, 0) is 26.0 Å². The van der Waals surface area contributed by atoms with Crippen LogP contribution in [-0.4, -0.2) is 47.7 Å². The van der Waals surface area contributed by atoms with Crippen molar-refractivity contribution in [2.24, 2.45) is 0 Å². The lowest BCUT2D eigenvalue weighted by Gasteiger charge is -2.30. The number of fused-ring (bicyclic) bond motifs is 1. The largest absolute Gasteiger partial charge is 0.493 e. The molecule has 178 valence electrons. The van der Waals surface area contributed by atoms with E-state index in [1.807, 2.05) is 0 Å². The Labute approximate surface area is 198 Å². The van der Waals surface area contributed by atoms with Crippen LogP contribution in [0.2, 0.25) is 0 Å². The summed E-state index contributed by atoms with van der Waals surface area (Å²) in [6, 6.07) is 6.02. The number of nitrogens with zero attached hydrogens (tertiary/aromatic N) is 3. The Morgan fingerprint density at radius 2 is 1.85 bits per heavy atom. The molecule has 0 saturated carbocycles. The van der Waals surface area contributed by atoms with Crippen LogP contribution in [0.15, 0.2) is 30.5 Å². The topological polar surface area (TPSA) is 129 Å². The maximum atomic E-state index is 14.5. The van der Waals surface area contributed by atoms with E-state index in [0.29, 0.717) is 11.4 Å². The highest BCUT2D eigenvalue weighted by Crippen LogP contribution is 2.40. The molecule has 0 aliphatic carbocycles. The number of halogens is 1. The molecule has 0 bridgehead atoms. The van der Waals surface area contributed by atoms with Gasteiger partial charge in [0.05, 0.1) is 31.6 Å². The molecule has 4 rings (SSSR count). The number of anilines is 5. The highest BCUT2D eigenvalue weighted by Gasteiger charge is 2.36. The number of methoxy groups -OCH3 is 3. The van der Waals surface area contributed by atoms with E-state index in [1.54, 1.807) is 26.0 Å². The van der Waals surface area contributed by atoms with Gasteiger partial charge in [-0.1, -0.05) is 0 Å². The van der Waals surface area contributed by atoms with Gasteiger partial charge in [0.15, 0.2) is 40.3 Å². The fourth-order valence-corrected chi connectivity index (χ4v) is 3.09. The molecule has 0 fully saturated rings. The van der Waals surface area contributed by atoms with Crippen molar-refractivity contribution in [3.63, 3.8) is 0 Å². The Hall–Kier alpha value is -4.35. The first-order valence-corrected chi connectivity index (χ1v) is 9.91. The summed E-state index contributed by atoms with van der Waals surface area (Å²) in [6.45, 7) is 3.25. The van der Waals surface area contributed by atoms with Gasteiger partial charge < -0.3 is 34.9 Å². The predicted molar refractivity (Wildman–Crippen MR) is 122 cm³/mol. The summed E-state index contributed by atoms with van der Waals surface area (Å²) in [4.78, 5) is 24.5. The van der Waals surface area contributed by atoms with E-state index in [0.717, 1.165) is 6.20 Å². The minimum Gasteiger partial charge on any atom is -0.493 e. The minimum atomic E-state index is -2.73. The number of rotatable bonds is 7. The molecular formula is C22H23FN6O5. The molecule has 0 unspecified atom stereocenters. The van der Waals surface area contributed by atoms with Crippen LogP contribution in [0.1, 0.15) is 18.0 Å². The predicted octanol–water partition coefficient (Wildman–Crippen LogP) is 3.63. The van der Waals surface area contributed by atoms with Crippen molar-refractivity contribution in [1.82, 2.24) is 15.0 Å². The SMILES string of the molecule is [2H][13C]([2H])([2H])Oc1c(OC)cc(Nc2ncc(F)c(Nc3ccc4c(n3)NC(=O)C(C)(C)O4)n2)cc1OC. The van der Waals surface area contributed by atoms with Crippen molar-refractivity contribution >= 4 is 35.0 Å². The number of hydrogen-bond donors (Lipinski definition) is 3. The zero-order valence-electron chi connectivity index (χ0n) is 21.6. The number of benzene rings is 1. The average molecular weight is 474 g/mol. The molecule has 1 amide bonds. The maximum Gasteiger partial charge on any atom is 0.269 e. The van der Waals surface area contributed by atoms with E-state index >= 15 is 0 Å². The third-order valence-electron chi connectivity index (χ3n) is 4.81. The lowest BCUT2D eigenvalue weighted by atomic mass is 10.1. The van der Waals surface area contributed by atoms with E-state index in [9.17, 15) is 9.18 Å². The van der Waals surface area contributed by atoms with Gasteiger partial charge in [-0.2, -0.15) is 4.98 Å². The molecule has 0 spiro atoms. The second-order valence-electron chi connectivity index (χ2n) is 7.56. The number of pyridine rings is 1. The van der Waals surface area contributed by atoms with Gasteiger partial charge in [0, 0.05) is 17.8 Å². The molecule has 11 nitrogen and oxygen atoms in total. The third-order valence-corrected chi connectivity index (χ3v) is 4.81. The highest BCUT2D eigenvalue weighted by atomic mass is 19.1. The average Bonchev–Trinajstić information content (AvgIpc) is 2.82. The summed E-state index contributed by atoms with van der Waals surface area (Å²) in [5.74, 6) is -0.559. The first-order chi connectivity index (χ1) is 17.4. The van der Waals surface area contributed by atoms with Gasteiger partial charge in [-0.25, -0.2) is 14.4 Å². The summed E-state index contributed by atoms with van der Waals surface area (Å²) < 4.78 is 57.7. The summed E-state index contributed by atoms with van der Waals surface area (Å²) in [5.41, 5.74) is -0.704. The fourth-order valence-electron chi connectivity index (χ4n) is 3.09. The summed E-state index contributed by atoms with van der Waals surface area (Å²) in [6.07, 6.45) is 0.948. The Bertz CT molecular complexity index is 1330. The first kappa shape index (κ1) is 19.1. The Morgan fingerprint density at radius 1 is 1.12 bits per heavy atom. The smallest absolute Gasteiger partial charge is 0.269 e. The van der Waals surface area contributed by atoms with Gasteiger partial charge in [0.1, 0.15) is 5.82 Å². The fraction of sp³-hybridized carbons (Fsp3) is 0.273. The van der Waals surface area contributed by atoms with Crippen molar-refractivity contribution in [2.75, 3.05) is 37.2 Å². The second kappa shape index (κ2) is 8.89. The summed E-state index contributed by atoms with van der Waals surface area (Å²) >= 11 is 0. The quantitative estimate of drug-likeness (QED) is 0.437. The van der Waals surface area contributed by atoms with Gasteiger partial charge in [-0.3, -0.25) is 4.79 Å². The molecule has 1 aliphatic rings. The number of nitrogens with one attached hydrogen (secondary N) is 3. The van der Waals surface area contributed by atoms with Crippen molar-refractivity contribution in [3.8, 4) is 23.0 Å². The monoisotopic (exact) mass is 474 g/mol. The third kappa shape index (κ3) is 4.42. The molecule has 12 heteroatoms. The zero-order valence-corrected chi connectivity index (χ0v) is 18.6. The zero-order chi connectivity index (χ0) is 27.0. The lowest BCUT2D eigenvalue weighted by molar-refractivity contribution is -0.129. The molecule has 2 aromatic heterocycles. The number of amides is 1. The maximum absolute atomic E-state index is 14.5. The normalized spacial score (nSPS) is 15.4. The van der Waals surface area contributed by atoms with Crippen LogP contribution in [0.3, 0.4) is 0 Å². The number of aromatic nitrogens is 3. The first-order valence-electron chi connectivity index (χ1n) is 11.4. The molecule has 3 N–H and O–H groups in total. The number of carbonyl (C=O) groups is 1. The van der Waals surface area contributed by atoms with Crippen LogP contribution >= 0.6 is 0 Å². The molecule has 1 aliphatic heterocycles. The van der Waals surface area contributed by atoms with Crippen LogP contribution in [0, 0.1) is 5.82 Å². The summed E-state index contributed by atoms with van der Waals surface area (Å²) in [7, 11) is -0.0608. The minimum absolute atomic E-state index is 0.00570. The van der Waals surface area contributed by atoms with Crippen LogP contribution in [0.5, 0.6) is 23.0 Å². The van der Waals surface area contributed by atoms with Crippen LogP contribution < -0.4 is 34.9 Å². The molecular weight excluding hydrogens is 448 g/mol. The molecule has 0 radical (unpaired) electrons. The molecule has 34 heavy (non-hydrogen) atoms. The molecule has 3 heterocycles. The van der Waals surface area contributed by atoms with Crippen molar-refractivity contribution in [3.05, 3.63) is 36.3 Å². The lowest BCUT2D eigenvalue weighted by Crippen LogP contribution is -2.46. The van der Waals surface area contributed by atoms with E-state index in [-0.39, 0.29) is 46.6 Å². The van der Waals surface area contributed by atoms with E-state index in [4.69, 9.17) is 23.1 Å².